The second kappa shape index (κ2) is 5.20. The molecule has 14 heavy (non-hydrogen) atoms. The van der Waals surface area contributed by atoms with Crippen LogP contribution in [0.3, 0.4) is 0 Å². The summed E-state index contributed by atoms with van der Waals surface area (Å²) < 4.78 is 28.4. The van der Waals surface area contributed by atoms with E-state index in [9.17, 15) is 8.78 Å². The fourth-order valence-electron chi connectivity index (χ4n) is 0.881. The summed E-state index contributed by atoms with van der Waals surface area (Å²) in [4.78, 5) is 3.98. The Morgan fingerprint density at radius 3 is 2.36 bits per heavy atom. The summed E-state index contributed by atoms with van der Waals surface area (Å²) >= 11 is 0. The predicted octanol–water partition coefficient (Wildman–Crippen LogP) is 3.24. The van der Waals surface area contributed by atoms with Gasteiger partial charge in [0, 0.05) is 17.3 Å². The van der Waals surface area contributed by atoms with E-state index in [4.69, 9.17) is 0 Å². The quantitative estimate of drug-likeness (QED) is 0.631. The lowest BCUT2D eigenvalue weighted by Gasteiger charge is -2.31. The molecule has 0 aromatic rings. The summed E-state index contributed by atoms with van der Waals surface area (Å²) in [7, 11) is 0. The molecule has 1 atom stereocenters. The van der Waals surface area contributed by atoms with Gasteiger partial charge in [-0.2, -0.15) is 8.78 Å². The van der Waals surface area contributed by atoms with Crippen LogP contribution >= 0.6 is 0 Å². The van der Waals surface area contributed by atoms with Gasteiger partial charge in [0.25, 0.3) is 0 Å². The van der Waals surface area contributed by atoms with Crippen LogP contribution in [0.5, 0.6) is 0 Å². The van der Waals surface area contributed by atoms with E-state index in [1.165, 1.54) is 0 Å². The Hall–Kier alpha value is -0.770. The Bertz CT molecular complexity index is 224. The van der Waals surface area contributed by atoms with Gasteiger partial charge < -0.3 is 4.74 Å². The molecule has 0 heterocycles. The summed E-state index contributed by atoms with van der Waals surface area (Å²) in [6.07, 6.45) is 0.956. The SMILES string of the molecule is C=C(N=CC)C(C)(C)C(C)OC(F)F. The van der Waals surface area contributed by atoms with Gasteiger partial charge in [-0.05, 0) is 13.8 Å². The highest BCUT2D eigenvalue weighted by atomic mass is 19.3. The molecule has 0 bridgehead atoms. The minimum atomic E-state index is -2.76. The van der Waals surface area contributed by atoms with E-state index in [-0.39, 0.29) is 0 Å². The number of hydrogen-bond donors (Lipinski definition) is 0. The highest BCUT2D eigenvalue weighted by Gasteiger charge is 2.31. The van der Waals surface area contributed by atoms with Crippen LogP contribution in [0.25, 0.3) is 0 Å². The van der Waals surface area contributed by atoms with Gasteiger partial charge in [-0.1, -0.05) is 20.4 Å². The van der Waals surface area contributed by atoms with Gasteiger partial charge in [0.15, 0.2) is 0 Å². The number of hydrogen-bond acceptors (Lipinski definition) is 2. The molecule has 0 N–H and O–H groups in total. The molecule has 0 aromatic heterocycles. The third kappa shape index (κ3) is 3.54. The minimum absolute atomic E-state index is 0.535. The molecule has 0 saturated carbocycles. The lowest BCUT2D eigenvalue weighted by atomic mass is 9.84. The molecule has 0 amide bonds. The van der Waals surface area contributed by atoms with Crippen molar-refractivity contribution in [3.63, 3.8) is 0 Å². The zero-order valence-corrected chi connectivity index (χ0v) is 9.05. The fraction of sp³-hybridized carbons (Fsp3) is 0.700. The van der Waals surface area contributed by atoms with E-state index < -0.39 is 18.1 Å². The monoisotopic (exact) mass is 205 g/mol. The van der Waals surface area contributed by atoms with E-state index >= 15 is 0 Å². The third-order valence-corrected chi connectivity index (χ3v) is 2.35. The van der Waals surface area contributed by atoms with Crippen molar-refractivity contribution in [2.24, 2.45) is 10.4 Å². The van der Waals surface area contributed by atoms with Gasteiger partial charge in [-0.15, -0.1) is 0 Å². The standard InChI is InChI=1S/C10H17F2NO/c1-6-13-7(2)10(4,5)8(3)14-9(11)12/h6,8-9H,2H2,1,3-5H3. The molecular formula is C10H17F2NO. The van der Waals surface area contributed by atoms with Crippen molar-refractivity contribution in [3.8, 4) is 0 Å². The zero-order chi connectivity index (χ0) is 11.4. The maximum absolute atomic E-state index is 12.0. The minimum Gasteiger partial charge on any atom is -0.319 e. The summed E-state index contributed by atoms with van der Waals surface area (Å²) in [5.41, 5.74) is -0.0590. The third-order valence-electron chi connectivity index (χ3n) is 2.35. The second-order valence-electron chi connectivity index (χ2n) is 3.59. The van der Waals surface area contributed by atoms with Crippen molar-refractivity contribution in [2.75, 3.05) is 0 Å². The first kappa shape index (κ1) is 13.2. The summed E-state index contributed by atoms with van der Waals surface area (Å²) in [6.45, 7) is 7.84. The zero-order valence-electron chi connectivity index (χ0n) is 9.05. The number of alkyl halides is 2. The largest absolute Gasteiger partial charge is 0.345 e. The van der Waals surface area contributed by atoms with Crippen LogP contribution in [0.1, 0.15) is 27.7 Å². The molecule has 0 aliphatic rings. The van der Waals surface area contributed by atoms with Crippen LogP contribution in [-0.4, -0.2) is 18.9 Å². The van der Waals surface area contributed by atoms with Crippen LogP contribution in [0.15, 0.2) is 17.3 Å². The lowest BCUT2D eigenvalue weighted by Crippen LogP contribution is -2.32. The molecule has 0 saturated heterocycles. The molecule has 0 aliphatic carbocycles. The van der Waals surface area contributed by atoms with E-state index in [1.807, 2.05) is 0 Å². The molecule has 4 heteroatoms. The molecule has 1 unspecified atom stereocenters. The van der Waals surface area contributed by atoms with E-state index in [2.05, 4.69) is 16.3 Å². The highest BCUT2D eigenvalue weighted by Crippen LogP contribution is 2.32. The Morgan fingerprint density at radius 2 is 2.00 bits per heavy atom. The normalized spacial score (nSPS) is 15.1. The second-order valence-corrected chi connectivity index (χ2v) is 3.59. The van der Waals surface area contributed by atoms with E-state index in [0.717, 1.165) is 0 Å². The first-order valence-corrected chi connectivity index (χ1v) is 4.44. The molecular weight excluding hydrogens is 188 g/mol. The molecule has 0 aliphatic heterocycles. The van der Waals surface area contributed by atoms with Crippen LogP contribution in [-0.2, 0) is 4.74 Å². The molecule has 0 fully saturated rings. The molecule has 82 valence electrons. The van der Waals surface area contributed by atoms with Gasteiger partial charge in [0.2, 0.25) is 0 Å². The van der Waals surface area contributed by atoms with Crippen LogP contribution in [0, 0.1) is 5.41 Å². The maximum Gasteiger partial charge on any atom is 0.345 e. The van der Waals surface area contributed by atoms with Gasteiger partial charge in [0.1, 0.15) is 0 Å². The number of aliphatic imine (C=N–C) groups is 1. The topological polar surface area (TPSA) is 21.6 Å². The Labute approximate surface area is 83.7 Å². The molecule has 2 nitrogen and oxygen atoms in total. The Kier molecular flexibility index (Phi) is 4.91. The molecule has 0 spiro atoms. The van der Waals surface area contributed by atoms with Gasteiger partial charge in [-0.25, -0.2) is 0 Å². The van der Waals surface area contributed by atoms with Crippen LogP contribution < -0.4 is 0 Å². The van der Waals surface area contributed by atoms with Gasteiger partial charge in [-0.3, -0.25) is 4.99 Å². The smallest absolute Gasteiger partial charge is 0.319 e. The summed E-state index contributed by atoms with van der Waals surface area (Å²) in [5.74, 6) is 0. The number of halogens is 2. The van der Waals surface area contributed by atoms with Gasteiger partial charge in [0.05, 0.1) is 6.10 Å². The van der Waals surface area contributed by atoms with Crippen molar-refractivity contribution in [1.82, 2.24) is 0 Å². The number of ether oxygens (including phenoxy) is 1. The van der Waals surface area contributed by atoms with Crippen molar-refractivity contribution < 1.29 is 13.5 Å². The highest BCUT2D eigenvalue weighted by molar-refractivity contribution is 5.55. The number of rotatable bonds is 5. The lowest BCUT2D eigenvalue weighted by molar-refractivity contribution is -0.178. The van der Waals surface area contributed by atoms with Crippen molar-refractivity contribution in [1.29, 1.82) is 0 Å². The summed E-state index contributed by atoms with van der Waals surface area (Å²) in [6, 6.07) is 0. The average molecular weight is 205 g/mol. The fourth-order valence-corrected chi connectivity index (χ4v) is 0.881. The van der Waals surface area contributed by atoms with E-state index in [0.29, 0.717) is 5.70 Å². The van der Waals surface area contributed by atoms with Crippen molar-refractivity contribution in [3.05, 3.63) is 12.3 Å². The number of nitrogens with zero attached hydrogens (tertiary/aromatic N) is 1. The average Bonchev–Trinajstić information content (AvgIpc) is 2.03. The summed E-state index contributed by atoms with van der Waals surface area (Å²) in [5, 5.41) is 0. The first-order chi connectivity index (χ1) is 6.32. The van der Waals surface area contributed by atoms with Gasteiger partial charge >= 0.3 is 6.61 Å². The maximum atomic E-state index is 12.0. The molecule has 0 radical (unpaired) electrons. The van der Waals surface area contributed by atoms with Crippen molar-refractivity contribution >= 4 is 6.21 Å². The Morgan fingerprint density at radius 1 is 1.50 bits per heavy atom. The first-order valence-electron chi connectivity index (χ1n) is 4.44. The molecule has 0 aromatic carbocycles. The van der Waals surface area contributed by atoms with Crippen LogP contribution in [0.4, 0.5) is 8.78 Å². The van der Waals surface area contributed by atoms with Crippen molar-refractivity contribution in [2.45, 2.75) is 40.4 Å². The van der Waals surface area contributed by atoms with Crippen LogP contribution in [0.2, 0.25) is 0 Å². The van der Waals surface area contributed by atoms with E-state index in [1.54, 1.807) is 33.9 Å². The molecule has 0 rings (SSSR count). The predicted molar refractivity (Wildman–Crippen MR) is 53.6 cm³/mol. The Balaban J connectivity index is 4.51.